The number of nitrogens with zero attached hydrogens (tertiary/aromatic N) is 3. The van der Waals surface area contributed by atoms with E-state index in [2.05, 4.69) is 17.1 Å². The predicted octanol–water partition coefficient (Wildman–Crippen LogP) is 2.56. The lowest BCUT2D eigenvalue weighted by Crippen LogP contribution is -2.34. The van der Waals surface area contributed by atoms with E-state index in [1.807, 2.05) is 24.0 Å². The van der Waals surface area contributed by atoms with Gasteiger partial charge in [-0.15, -0.1) is 5.10 Å². The molecule has 0 spiro atoms. The molecule has 1 fully saturated rings. The van der Waals surface area contributed by atoms with Gasteiger partial charge in [0.05, 0.1) is 12.3 Å². The molecule has 0 unspecified atom stereocenters. The van der Waals surface area contributed by atoms with Crippen LogP contribution >= 0.6 is 11.8 Å². The van der Waals surface area contributed by atoms with Crippen molar-refractivity contribution < 1.29 is 9.21 Å². The zero-order chi connectivity index (χ0) is 17.8. The summed E-state index contributed by atoms with van der Waals surface area (Å²) in [5.74, 6) is 1.98. The number of unbranched alkanes of at least 4 members (excludes halogenated alkanes) is 1. The van der Waals surface area contributed by atoms with Crippen LogP contribution in [0.3, 0.4) is 0 Å². The maximum atomic E-state index is 12.7. The molecule has 0 radical (unpaired) electrons. The van der Waals surface area contributed by atoms with Crippen LogP contribution in [0.4, 0.5) is 0 Å². The maximum Gasteiger partial charge on any atom is 0.343 e. The molecule has 136 valence electrons. The number of furan rings is 1. The molecule has 2 aromatic rings. The van der Waals surface area contributed by atoms with Crippen LogP contribution in [0, 0.1) is 6.92 Å². The monoisotopic (exact) mass is 364 g/mol. The van der Waals surface area contributed by atoms with E-state index in [0.29, 0.717) is 24.3 Å². The van der Waals surface area contributed by atoms with Crippen LogP contribution < -0.4 is 5.69 Å². The fraction of sp³-hybridized carbons (Fsp3) is 0.588. The minimum atomic E-state index is -0.214. The Balaban J connectivity index is 1.61. The van der Waals surface area contributed by atoms with Crippen molar-refractivity contribution in [3.05, 3.63) is 34.1 Å². The molecule has 1 aliphatic carbocycles. The van der Waals surface area contributed by atoms with Gasteiger partial charge in [-0.25, -0.2) is 9.89 Å². The lowest BCUT2D eigenvalue weighted by molar-refractivity contribution is -0.129. The molecule has 1 N–H and O–H groups in total. The highest BCUT2D eigenvalue weighted by atomic mass is 32.2. The number of aromatic amines is 1. The molecule has 0 bridgehead atoms. The van der Waals surface area contributed by atoms with Crippen LogP contribution in [0.15, 0.2) is 26.5 Å². The molecular formula is C17H24N4O3S. The summed E-state index contributed by atoms with van der Waals surface area (Å²) in [4.78, 5) is 26.4. The lowest BCUT2D eigenvalue weighted by Gasteiger charge is -2.21. The smallest absolute Gasteiger partial charge is 0.343 e. The normalized spacial score (nSPS) is 14.0. The first-order chi connectivity index (χ1) is 12.1. The van der Waals surface area contributed by atoms with Gasteiger partial charge in [0.2, 0.25) is 5.91 Å². The number of rotatable bonds is 9. The third-order valence-corrected chi connectivity index (χ3v) is 5.17. The van der Waals surface area contributed by atoms with Gasteiger partial charge in [-0.1, -0.05) is 25.1 Å². The SMILES string of the molecule is CCCCn1c(SCC(=O)N(Cc2ccc(C)o2)C2CC2)n[nH]c1=O. The highest BCUT2D eigenvalue weighted by Crippen LogP contribution is 2.30. The summed E-state index contributed by atoms with van der Waals surface area (Å²) in [7, 11) is 0. The Hall–Kier alpha value is -1.96. The second kappa shape index (κ2) is 7.95. The zero-order valence-electron chi connectivity index (χ0n) is 14.7. The van der Waals surface area contributed by atoms with E-state index in [4.69, 9.17) is 4.42 Å². The minimum Gasteiger partial charge on any atom is -0.464 e. The summed E-state index contributed by atoms with van der Waals surface area (Å²) in [6, 6.07) is 4.14. The number of hydrogen-bond acceptors (Lipinski definition) is 5. The van der Waals surface area contributed by atoms with Gasteiger partial charge >= 0.3 is 5.69 Å². The molecule has 1 saturated carbocycles. The van der Waals surface area contributed by atoms with Crippen LogP contribution in [-0.4, -0.2) is 37.4 Å². The first-order valence-corrected chi connectivity index (χ1v) is 9.69. The van der Waals surface area contributed by atoms with E-state index < -0.39 is 0 Å². The third-order valence-electron chi connectivity index (χ3n) is 4.21. The third kappa shape index (κ3) is 4.56. The average molecular weight is 364 g/mol. The van der Waals surface area contributed by atoms with Gasteiger partial charge in [0.1, 0.15) is 11.5 Å². The largest absolute Gasteiger partial charge is 0.464 e. The molecule has 25 heavy (non-hydrogen) atoms. The highest BCUT2D eigenvalue weighted by molar-refractivity contribution is 7.99. The molecule has 2 aromatic heterocycles. The Morgan fingerprint density at radius 3 is 2.92 bits per heavy atom. The second-order valence-corrected chi connectivity index (χ2v) is 7.31. The number of hydrogen-bond donors (Lipinski definition) is 1. The molecule has 0 saturated heterocycles. The summed E-state index contributed by atoms with van der Waals surface area (Å²) < 4.78 is 7.22. The Morgan fingerprint density at radius 2 is 2.28 bits per heavy atom. The number of aryl methyl sites for hydroxylation is 1. The average Bonchev–Trinajstić information content (AvgIpc) is 3.26. The quantitative estimate of drug-likeness (QED) is 0.691. The molecule has 0 aromatic carbocycles. The van der Waals surface area contributed by atoms with Crippen LogP contribution in [0.5, 0.6) is 0 Å². The minimum absolute atomic E-state index is 0.0547. The van der Waals surface area contributed by atoms with Gasteiger partial charge in [-0.05, 0) is 38.3 Å². The van der Waals surface area contributed by atoms with Crippen molar-refractivity contribution in [2.45, 2.75) is 63.8 Å². The zero-order valence-corrected chi connectivity index (χ0v) is 15.5. The van der Waals surface area contributed by atoms with Crippen LogP contribution in [0.2, 0.25) is 0 Å². The van der Waals surface area contributed by atoms with Crippen molar-refractivity contribution in [3.8, 4) is 0 Å². The molecule has 7 nitrogen and oxygen atoms in total. The van der Waals surface area contributed by atoms with E-state index in [1.54, 1.807) is 4.57 Å². The molecule has 0 aliphatic heterocycles. The molecular weight excluding hydrogens is 340 g/mol. The second-order valence-electron chi connectivity index (χ2n) is 6.37. The Bertz CT molecular complexity index is 775. The molecule has 1 amide bonds. The van der Waals surface area contributed by atoms with Gasteiger partial charge in [0.25, 0.3) is 0 Å². The van der Waals surface area contributed by atoms with Crippen molar-refractivity contribution in [2.24, 2.45) is 0 Å². The number of carbonyl (C=O) groups excluding carboxylic acids is 1. The van der Waals surface area contributed by atoms with Gasteiger partial charge in [0, 0.05) is 12.6 Å². The molecule has 0 atom stereocenters. The van der Waals surface area contributed by atoms with Crippen LogP contribution in [0.25, 0.3) is 0 Å². The van der Waals surface area contributed by atoms with Crippen LogP contribution in [-0.2, 0) is 17.9 Å². The highest BCUT2D eigenvalue weighted by Gasteiger charge is 2.33. The number of aromatic nitrogens is 3. The number of H-pyrrole nitrogens is 1. The maximum absolute atomic E-state index is 12.7. The van der Waals surface area contributed by atoms with Gasteiger partial charge < -0.3 is 9.32 Å². The summed E-state index contributed by atoms with van der Waals surface area (Å²) in [6.07, 6.45) is 3.99. The molecule has 8 heteroatoms. The Morgan fingerprint density at radius 1 is 1.48 bits per heavy atom. The molecule has 1 aliphatic rings. The topological polar surface area (TPSA) is 84.1 Å². The summed E-state index contributed by atoms with van der Waals surface area (Å²) >= 11 is 1.31. The van der Waals surface area contributed by atoms with Crippen molar-refractivity contribution in [1.29, 1.82) is 0 Å². The van der Waals surface area contributed by atoms with Crippen molar-refractivity contribution >= 4 is 17.7 Å². The fourth-order valence-corrected chi connectivity index (χ4v) is 3.54. The number of nitrogens with one attached hydrogen (secondary N) is 1. The van der Waals surface area contributed by atoms with Gasteiger partial charge in [-0.3, -0.25) is 9.36 Å². The van der Waals surface area contributed by atoms with Crippen molar-refractivity contribution in [2.75, 3.05) is 5.75 Å². The van der Waals surface area contributed by atoms with E-state index in [9.17, 15) is 9.59 Å². The number of amides is 1. The lowest BCUT2D eigenvalue weighted by atomic mass is 10.3. The molecule has 2 heterocycles. The van der Waals surface area contributed by atoms with Crippen molar-refractivity contribution in [1.82, 2.24) is 19.7 Å². The Labute approximate surface area is 150 Å². The fourth-order valence-electron chi connectivity index (χ4n) is 2.68. The summed E-state index contributed by atoms with van der Waals surface area (Å²) in [6.45, 7) is 5.10. The molecule has 3 rings (SSSR count). The number of thioether (sulfide) groups is 1. The number of carbonyl (C=O) groups is 1. The first kappa shape index (κ1) is 17.8. The van der Waals surface area contributed by atoms with E-state index in [0.717, 1.165) is 37.2 Å². The standard InChI is InChI=1S/C17H24N4O3S/c1-3-4-9-20-16(23)18-19-17(20)25-11-15(22)21(13-6-7-13)10-14-8-5-12(2)24-14/h5,8,13H,3-4,6-7,9-11H2,1-2H3,(H,18,23). The summed E-state index contributed by atoms with van der Waals surface area (Å²) in [5, 5.41) is 7.10. The first-order valence-electron chi connectivity index (χ1n) is 8.71. The van der Waals surface area contributed by atoms with Gasteiger partial charge in [-0.2, -0.15) is 0 Å². The predicted molar refractivity (Wildman–Crippen MR) is 95.5 cm³/mol. The van der Waals surface area contributed by atoms with Gasteiger partial charge in [0.15, 0.2) is 5.16 Å². The van der Waals surface area contributed by atoms with E-state index in [-0.39, 0.29) is 17.3 Å². The Kier molecular flexibility index (Phi) is 5.67. The van der Waals surface area contributed by atoms with E-state index in [1.165, 1.54) is 11.8 Å². The van der Waals surface area contributed by atoms with E-state index >= 15 is 0 Å². The van der Waals surface area contributed by atoms with Crippen LogP contribution in [0.1, 0.15) is 44.1 Å². The summed E-state index contributed by atoms with van der Waals surface area (Å²) in [5.41, 5.74) is -0.214. The van der Waals surface area contributed by atoms with Crippen molar-refractivity contribution in [3.63, 3.8) is 0 Å².